The van der Waals surface area contributed by atoms with E-state index in [2.05, 4.69) is 103 Å². The Labute approximate surface area is 151 Å². The average molecular weight is 434 g/mol. The van der Waals surface area contributed by atoms with Crippen molar-refractivity contribution in [3.8, 4) is 0 Å². The fourth-order valence-corrected chi connectivity index (χ4v) is 3.91. The van der Waals surface area contributed by atoms with E-state index in [9.17, 15) is 0 Å². The first-order valence-corrected chi connectivity index (χ1v) is 9.46. The quantitative estimate of drug-likeness (QED) is 0.410. The van der Waals surface area contributed by atoms with E-state index in [4.69, 9.17) is 0 Å². The fraction of sp³-hybridized carbons (Fsp3) is 0.0526. The molecule has 3 rings (SSSR count). The first kappa shape index (κ1) is 15.7. The van der Waals surface area contributed by atoms with Gasteiger partial charge in [0.2, 0.25) is 0 Å². The van der Waals surface area contributed by atoms with Gasteiger partial charge in [0.1, 0.15) is 0 Å². The van der Waals surface area contributed by atoms with Crippen molar-refractivity contribution in [2.45, 2.75) is 5.92 Å². The van der Waals surface area contributed by atoms with E-state index in [-0.39, 0.29) is 5.92 Å². The Kier molecular flexibility index (Phi) is 5.29. The Morgan fingerprint density at radius 2 is 1.64 bits per heavy atom. The minimum absolute atomic E-state index is 0.266. The zero-order valence-corrected chi connectivity index (χ0v) is 15.7. The minimum Gasteiger partial charge on any atom is -0.152 e. The predicted molar refractivity (Wildman–Crippen MR) is 103 cm³/mol. The highest BCUT2D eigenvalue weighted by Gasteiger charge is 2.11. The van der Waals surface area contributed by atoms with Gasteiger partial charge in [0.05, 0.1) is 0 Å². The first-order chi connectivity index (χ1) is 10.7. The molecule has 0 aliphatic heterocycles. The number of rotatable bonds is 4. The van der Waals surface area contributed by atoms with Crippen molar-refractivity contribution < 1.29 is 0 Å². The largest absolute Gasteiger partial charge is 0.152 e. The Morgan fingerprint density at radius 3 is 2.32 bits per heavy atom. The van der Waals surface area contributed by atoms with Gasteiger partial charge in [-0.05, 0) is 57.8 Å². The lowest BCUT2D eigenvalue weighted by Crippen LogP contribution is -1.96. The number of thiophene rings is 1. The van der Waals surface area contributed by atoms with Gasteiger partial charge in [-0.25, -0.2) is 0 Å². The molecule has 3 heteroatoms. The Hall–Kier alpha value is -1.16. The molecule has 0 fully saturated rings. The second-order valence-corrected chi connectivity index (χ2v) is 7.61. The molecular weight excluding hydrogens is 420 g/mol. The van der Waals surface area contributed by atoms with Crippen molar-refractivity contribution in [2.75, 3.05) is 0 Å². The van der Waals surface area contributed by atoms with Crippen LogP contribution in [-0.2, 0) is 0 Å². The van der Waals surface area contributed by atoms with E-state index in [1.54, 1.807) is 11.3 Å². The van der Waals surface area contributed by atoms with Gasteiger partial charge in [0, 0.05) is 14.9 Å². The lowest BCUT2D eigenvalue weighted by molar-refractivity contribution is 1.04. The van der Waals surface area contributed by atoms with Crippen LogP contribution in [0.25, 0.3) is 6.08 Å². The molecule has 0 aliphatic carbocycles. The topological polar surface area (TPSA) is 0 Å². The zero-order valence-electron chi connectivity index (χ0n) is 11.7. The van der Waals surface area contributed by atoms with Gasteiger partial charge < -0.3 is 0 Å². The van der Waals surface area contributed by atoms with Crippen molar-refractivity contribution in [3.05, 3.63) is 97.1 Å². The third kappa shape index (κ3) is 3.97. The highest BCUT2D eigenvalue weighted by molar-refractivity contribution is 9.10. The molecule has 3 aromatic rings. The van der Waals surface area contributed by atoms with Gasteiger partial charge in [-0.2, -0.15) is 11.3 Å². The molecule has 0 saturated heterocycles. The van der Waals surface area contributed by atoms with Crippen molar-refractivity contribution in [1.82, 2.24) is 0 Å². The van der Waals surface area contributed by atoms with Gasteiger partial charge in [0.15, 0.2) is 0 Å². The van der Waals surface area contributed by atoms with Crippen LogP contribution in [0.15, 0.2) is 80.4 Å². The van der Waals surface area contributed by atoms with Gasteiger partial charge in [-0.3, -0.25) is 0 Å². The molecule has 0 bridgehead atoms. The summed E-state index contributed by atoms with van der Waals surface area (Å²) in [5, 5.41) is 4.35. The van der Waals surface area contributed by atoms with Crippen molar-refractivity contribution in [1.29, 1.82) is 0 Å². The highest BCUT2D eigenvalue weighted by atomic mass is 79.9. The number of allylic oxidation sites excluding steroid dienone is 1. The summed E-state index contributed by atoms with van der Waals surface area (Å²) in [6.07, 6.45) is 4.46. The molecule has 110 valence electrons. The van der Waals surface area contributed by atoms with E-state index >= 15 is 0 Å². The molecule has 1 unspecified atom stereocenters. The summed E-state index contributed by atoms with van der Waals surface area (Å²) >= 11 is 8.83. The molecule has 0 amide bonds. The average Bonchev–Trinajstić information content (AvgIpc) is 3.02. The van der Waals surface area contributed by atoms with Gasteiger partial charge in [0.25, 0.3) is 0 Å². The molecule has 0 radical (unpaired) electrons. The molecule has 1 aromatic heterocycles. The summed E-state index contributed by atoms with van der Waals surface area (Å²) in [6.45, 7) is 0. The van der Waals surface area contributed by atoms with E-state index in [1.165, 1.54) is 16.7 Å². The lowest BCUT2D eigenvalue weighted by Gasteiger charge is -2.12. The molecular formula is C19H14Br2S. The first-order valence-electron chi connectivity index (χ1n) is 6.94. The number of halogens is 2. The summed E-state index contributed by atoms with van der Waals surface area (Å²) in [5.41, 5.74) is 3.82. The van der Waals surface area contributed by atoms with Gasteiger partial charge >= 0.3 is 0 Å². The van der Waals surface area contributed by atoms with Crippen LogP contribution in [0, 0.1) is 0 Å². The molecule has 1 heterocycles. The maximum Gasteiger partial charge on any atom is 0.0281 e. The Balaban J connectivity index is 1.96. The van der Waals surface area contributed by atoms with Gasteiger partial charge in [-0.1, -0.05) is 68.3 Å². The van der Waals surface area contributed by atoms with Crippen LogP contribution in [0.1, 0.15) is 22.6 Å². The minimum atomic E-state index is 0.266. The third-order valence-electron chi connectivity index (χ3n) is 3.44. The van der Waals surface area contributed by atoms with Crippen LogP contribution in [0.5, 0.6) is 0 Å². The summed E-state index contributed by atoms with van der Waals surface area (Å²) in [4.78, 5) is 0. The molecule has 0 N–H and O–H groups in total. The molecule has 0 saturated carbocycles. The molecule has 0 nitrogen and oxygen atoms in total. The van der Waals surface area contributed by atoms with Crippen LogP contribution in [-0.4, -0.2) is 0 Å². The van der Waals surface area contributed by atoms with Gasteiger partial charge in [-0.15, -0.1) is 0 Å². The number of hydrogen-bond donors (Lipinski definition) is 0. The third-order valence-corrected chi connectivity index (χ3v) is 5.13. The highest BCUT2D eigenvalue weighted by Crippen LogP contribution is 2.30. The van der Waals surface area contributed by atoms with Crippen LogP contribution in [0.3, 0.4) is 0 Å². The van der Waals surface area contributed by atoms with E-state index in [0.29, 0.717) is 0 Å². The van der Waals surface area contributed by atoms with E-state index < -0.39 is 0 Å². The smallest absolute Gasteiger partial charge is 0.0281 e. The van der Waals surface area contributed by atoms with Crippen molar-refractivity contribution >= 4 is 49.3 Å². The van der Waals surface area contributed by atoms with E-state index in [0.717, 1.165) is 8.95 Å². The maximum absolute atomic E-state index is 3.57. The number of benzene rings is 2. The second-order valence-electron chi connectivity index (χ2n) is 5.00. The van der Waals surface area contributed by atoms with Crippen LogP contribution < -0.4 is 0 Å². The summed E-state index contributed by atoms with van der Waals surface area (Å²) in [6, 6.07) is 19.1. The summed E-state index contributed by atoms with van der Waals surface area (Å²) in [7, 11) is 0. The molecule has 0 spiro atoms. The van der Waals surface area contributed by atoms with Crippen LogP contribution >= 0.6 is 43.2 Å². The predicted octanol–water partition coefficient (Wildman–Crippen LogP) is 7.12. The molecule has 2 aromatic carbocycles. The molecule has 1 atom stereocenters. The van der Waals surface area contributed by atoms with Crippen molar-refractivity contribution in [2.24, 2.45) is 0 Å². The zero-order chi connectivity index (χ0) is 15.4. The standard InChI is InChI=1S/C19H14Br2S/c20-17-5-1-3-14(11-17)7-8-19(16-9-10-22-13-16)15-4-2-6-18(21)12-15/h1-13,19H/b8-7+. The maximum atomic E-state index is 3.57. The van der Waals surface area contributed by atoms with Crippen LogP contribution in [0.4, 0.5) is 0 Å². The lowest BCUT2D eigenvalue weighted by atomic mass is 9.92. The van der Waals surface area contributed by atoms with Crippen LogP contribution in [0.2, 0.25) is 0 Å². The number of hydrogen-bond acceptors (Lipinski definition) is 1. The Morgan fingerprint density at radius 1 is 0.864 bits per heavy atom. The summed E-state index contributed by atoms with van der Waals surface area (Å²) in [5.74, 6) is 0.266. The Bertz CT molecular complexity index is 776. The molecule has 0 aliphatic rings. The monoisotopic (exact) mass is 432 g/mol. The fourth-order valence-electron chi connectivity index (χ4n) is 2.38. The summed E-state index contributed by atoms with van der Waals surface area (Å²) < 4.78 is 2.21. The molecule has 22 heavy (non-hydrogen) atoms. The van der Waals surface area contributed by atoms with E-state index in [1.807, 2.05) is 6.07 Å². The normalized spacial score (nSPS) is 12.6. The van der Waals surface area contributed by atoms with Crippen molar-refractivity contribution in [3.63, 3.8) is 0 Å². The SMILES string of the molecule is Brc1cccc(/C=C/C(c2ccsc2)c2cccc(Br)c2)c1. The second kappa shape index (κ2) is 7.40.